The minimum absolute atomic E-state index is 0.0613. The van der Waals surface area contributed by atoms with Crippen LogP contribution in [0, 0.1) is 21.4 Å². The van der Waals surface area contributed by atoms with E-state index in [9.17, 15) is 33.3 Å². The van der Waals surface area contributed by atoms with Gasteiger partial charge in [-0.05, 0) is 42.8 Å². The number of nitriles is 1. The van der Waals surface area contributed by atoms with Gasteiger partial charge in [0.1, 0.15) is 17.4 Å². The first kappa shape index (κ1) is 29.3. The summed E-state index contributed by atoms with van der Waals surface area (Å²) < 4.78 is 49.8. The first-order chi connectivity index (χ1) is 17.7. The predicted molar refractivity (Wildman–Crippen MR) is 135 cm³/mol. The van der Waals surface area contributed by atoms with Crippen molar-refractivity contribution >= 4 is 57.9 Å². The molecule has 0 saturated heterocycles. The number of rotatable bonds is 8. The van der Waals surface area contributed by atoms with Gasteiger partial charge in [0.2, 0.25) is 5.75 Å². The number of hydrogen-bond donors (Lipinski definition) is 0. The highest BCUT2D eigenvalue weighted by Gasteiger charge is 2.32. The topological polar surface area (TPSA) is 102 Å². The van der Waals surface area contributed by atoms with E-state index in [2.05, 4.69) is 0 Å². The third-order valence-corrected chi connectivity index (χ3v) is 6.23. The Bertz CT molecular complexity index is 1460. The number of nitro benzene ring substituents is 1. The Balaban J connectivity index is 1.93. The summed E-state index contributed by atoms with van der Waals surface area (Å²) >= 11 is 24.0. The third-order valence-electron chi connectivity index (χ3n) is 5.08. The van der Waals surface area contributed by atoms with E-state index in [1.54, 1.807) is 0 Å². The van der Waals surface area contributed by atoms with Gasteiger partial charge in [-0.1, -0.05) is 52.5 Å². The number of carbonyl (C=O) groups is 1. The molecular weight excluding hydrogens is 595 g/mol. The van der Waals surface area contributed by atoms with Gasteiger partial charge in [0.05, 0.1) is 26.6 Å². The number of ether oxygens (including phenoxy) is 2. The summed E-state index contributed by atoms with van der Waals surface area (Å²) in [6, 6.07) is 10.2. The Morgan fingerprint density at radius 2 is 1.63 bits per heavy atom. The molecule has 0 saturated carbocycles. The molecule has 0 amide bonds. The van der Waals surface area contributed by atoms with Gasteiger partial charge in [-0.2, -0.15) is 18.4 Å². The summed E-state index contributed by atoms with van der Waals surface area (Å²) in [5, 5.41) is 20.8. The molecule has 3 aromatic rings. The van der Waals surface area contributed by atoms with Gasteiger partial charge in [-0.25, -0.2) is 0 Å². The van der Waals surface area contributed by atoms with E-state index in [0.29, 0.717) is 6.07 Å². The summed E-state index contributed by atoms with van der Waals surface area (Å²) in [7, 11) is 0. The van der Waals surface area contributed by atoms with Crippen molar-refractivity contribution in [1.29, 1.82) is 5.26 Å². The van der Waals surface area contributed by atoms with E-state index in [4.69, 9.17) is 55.9 Å². The third kappa shape index (κ3) is 6.60. The van der Waals surface area contributed by atoms with E-state index < -0.39 is 50.9 Å². The number of benzene rings is 3. The van der Waals surface area contributed by atoms with E-state index >= 15 is 0 Å². The average Bonchev–Trinajstić information content (AvgIpc) is 2.82. The van der Waals surface area contributed by atoms with Crippen LogP contribution in [0.1, 0.15) is 24.0 Å². The summed E-state index contributed by atoms with van der Waals surface area (Å²) in [5.74, 6) is -3.10. The van der Waals surface area contributed by atoms with E-state index in [1.807, 2.05) is 6.07 Å². The van der Waals surface area contributed by atoms with E-state index in [1.165, 1.54) is 25.1 Å². The van der Waals surface area contributed by atoms with Gasteiger partial charge in [0, 0.05) is 22.2 Å². The number of halogens is 7. The second kappa shape index (κ2) is 11.7. The molecule has 0 radical (unpaired) electrons. The highest BCUT2D eigenvalue weighted by Crippen LogP contribution is 2.42. The lowest BCUT2D eigenvalue weighted by Gasteiger charge is -2.18. The van der Waals surface area contributed by atoms with Crippen LogP contribution < -0.4 is 9.47 Å². The van der Waals surface area contributed by atoms with Crippen molar-refractivity contribution in [3.8, 4) is 23.3 Å². The molecule has 3 aromatic carbocycles. The Hall–Kier alpha value is -3.23. The molecule has 3 rings (SSSR count). The highest BCUT2D eigenvalue weighted by molar-refractivity contribution is 6.35. The smallest absolute Gasteiger partial charge is 0.416 e. The van der Waals surface area contributed by atoms with Crippen molar-refractivity contribution in [3.63, 3.8) is 0 Å². The molecule has 198 valence electrons. The molecule has 38 heavy (non-hydrogen) atoms. The number of Topliss-reactive ketones (excluding diaryl/α,β-unsaturated/α-hetero) is 1. The number of ketones is 1. The van der Waals surface area contributed by atoms with Crippen molar-refractivity contribution in [2.24, 2.45) is 0 Å². The predicted octanol–water partition coefficient (Wildman–Crippen LogP) is 8.66. The Morgan fingerprint density at radius 1 is 0.974 bits per heavy atom. The maximum Gasteiger partial charge on any atom is 0.416 e. The standard InChI is InChI=1S/C24H13Cl4F3N2O5/c1-11(23(34)15(10-32)14-4-3-13(25)7-16(14)26)37-22-9-21(18(28)8-19(22)33(35)36)38-20-5-2-12(6-17(20)27)24(29,30)31/h2-9,11,15H,1H3. The molecular formula is C24H13Cl4F3N2O5. The normalized spacial score (nSPS) is 12.8. The lowest BCUT2D eigenvalue weighted by atomic mass is 9.93. The van der Waals surface area contributed by atoms with E-state index in [-0.39, 0.29) is 32.1 Å². The van der Waals surface area contributed by atoms with Crippen LogP contribution in [-0.2, 0) is 11.0 Å². The van der Waals surface area contributed by atoms with Crippen LogP contribution >= 0.6 is 46.4 Å². The first-order valence-electron chi connectivity index (χ1n) is 10.3. The lowest BCUT2D eigenvalue weighted by Crippen LogP contribution is -2.29. The average molecular weight is 608 g/mol. The van der Waals surface area contributed by atoms with Gasteiger partial charge in [-0.15, -0.1) is 0 Å². The molecule has 0 heterocycles. The molecule has 0 aliphatic rings. The van der Waals surface area contributed by atoms with Crippen molar-refractivity contribution in [1.82, 2.24) is 0 Å². The van der Waals surface area contributed by atoms with Gasteiger partial charge in [0.25, 0.3) is 0 Å². The van der Waals surface area contributed by atoms with Crippen LogP contribution in [0.15, 0.2) is 48.5 Å². The molecule has 0 aromatic heterocycles. The number of alkyl halides is 3. The second-order valence-corrected chi connectivity index (χ2v) is 9.30. The zero-order chi connectivity index (χ0) is 28.4. The SMILES string of the molecule is CC(Oc1cc(Oc2ccc(C(F)(F)F)cc2Cl)c(Cl)cc1[N+](=O)[O-])C(=O)C(C#N)c1ccc(Cl)cc1Cl. The maximum absolute atomic E-state index is 13.0. The minimum atomic E-state index is -4.64. The summed E-state index contributed by atoms with van der Waals surface area (Å²) in [6.45, 7) is 1.27. The van der Waals surface area contributed by atoms with Crippen LogP contribution in [-0.4, -0.2) is 16.8 Å². The van der Waals surface area contributed by atoms with Crippen molar-refractivity contribution in [3.05, 3.63) is 89.9 Å². The second-order valence-electron chi connectivity index (χ2n) is 7.64. The zero-order valence-electron chi connectivity index (χ0n) is 18.9. The molecule has 0 aliphatic heterocycles. The Kier molecular flexibility index (Phi) is 9.00. The van der Waals surface area contributed by atoms with Crippen LogP contribution in [0.3, 0.4) is 0 Å². The minimum Gasteiger partial charge on any atom is -0.476 e. The van der Waals surface area contributed by atoms with Gasteiger partial charge in [-0.3, -0.25) is 14.9 Å². The molecule has 7 nitrogen and oxygen atoms in total. The summed E-state index contributed by atoms with van der Waals surface area (Å²) in [6.07, 6.45) is -6.04. The summed E-state index contributed by atoms with van der Waals surface area (Å²) in [4.78, 5) is 23.8. The van der Waals surface area contributed by atoms with Crippen molar-refractivity contribution in [2.45, 2.75) is 25.1 Å². The highest BCUT2D eigenvalue weighted by atomic mass is 35.5. The van der Waals surface area contributed by atoms with Crippen LogP contribution in [0.4, 0.5) is 18.9 Å². The van der Waals surface area contributed by atoms with Crippen LogP contribution in [0.25, 0.3) is 0 Å². The van der Waals surface area contributed by atoms with Gasteiger partial charge < -0.3 is 9.47 Å². The number of carbonyl (C=O) groups excluding carboxylic acids is 1. The largest absolute Gasteiger partial charge is 0.476 e. The maximum atomic E-state index is 13.0. The fourth-order valence-electron chi connectivity index (χ4n) is 3.22. The molecule has 0 N–H and O–H groups in total. The van der Waals surface area contributed by atoms with Crippen LogP contribution in [0.2, 0.25) is 20.1 Å². The molecule has 0 aliphatic carbocycles. The molecule has 0 fully saturated rings. The van der Waals surface area contributed by atoms with Gasteiger partial charge in [0.15, 0.2) is 11.9 Å². The van der Waals surface area contributed by atoms with E-state index in [0.717, 1.165) is 24.3 Å². The summed E-state index contributed by atoms with van der Waals surface area (Å²) in [5.41, 5.74) is -1.50. The Morgan fingerprint density at radius 3 is 2.18 bits per heavy atom. The Labute approximate surface area is 233 Å². The number of hydrogen-bond acceptors (Lipinski definition) is 6. The first-order valence-corrected chi connectivity index (χ1v) is 11.8. The number of nitrogens with zero attached hydrogens (tertiary/aromatic N) is 2. The fraction of sp³-hybridized carbons (Fsp3) is 0.167. The van der Waals surface area contributed by atoms with Gasteiger partial charge >= 0.3 is 11.9 Å². The number of nitro groups is 1. The molecule has 0 spiro atoms. The molecule has 2 unspecified atom stereocenters. The monoisotopic (exact) mass is 606 g/mol. The quantitative estimate of drug-likeness (QED) is 0.187. The molecule has 2 atom stereocenters. The molecule has 14 heteroatoms. The lowest BCUT2D eigenvalue weighted by molar-refractivity contribution is -0.386. The molecule has 0 bridgehead atoms. The zero-order valence-corrected chi connectivity index (χ0v) is 21.9. The van der Waals surface area contributed by atoms with Crippen LogP contribution in [0.5, 0.6) is 17.2 Å². The van der Waals surface area contributed by atoms with Crippen molar-refractivity contribution < 1.29 is 32.4 Å². The fourth-order valence-corrected chi connectivity index (χ4v) is 4.16. The van der Waals surface area contributed by atoms with Crippen molar-refractivity contribution in [2.75, 3.05) is 0 Å².